The highest BCUT2D eigenvalue weighted by Gasteiger charge is 2.45. The van der Waals surface area contributed by atoms with Gasteiger partial charge in [-0.15, -0.1) is 0 Å². The number of unbranched alkanes of at least 4 members (excludes halogenated alkanes) is 2. The van der Waals surface area contributed by atoms with Crippen molar-refractivity contribution in [1.82, 2.24) is 0 Å². The first-order valence-electron chi connectivity index (χ1n) is 12.5. The summed E-state index contributed by atoms with van der Waals surface area (Å²) in [6.45, 7) is 0.193. The predicted octanol–water partition coefficient (Wildman–Crippen LogP) is 1.12. The zero-order valence-corrected chi connectivity index (χ0v) is 20.9. The number of phenolic OH excluding ortho intramolecular Hbond substituents is 2. The van der Waals surface area contributed by atoms with Crippen LogP contribution < -0.4 is 15.9 Å². The molecule has 1 fully saturated rings. The van der Waals surface area contributed by atoms with Crippen LogP contribution in [0.3, 0.4) is 0 Å². The van der Waals surface area contributed by atoms with E-state index in [1.165, 1.54) is 36.6 Å². The fraction of sp³-hybridized carbons (Fsp3) is 0.407. The second-order valence-electron chi connectivity index (χ2n) is 9.26. The molecule has 3 aromatic rings. The lowest BCUT2D eigenvalue weighted by molar-refractivity contribution is -0.278. The third kappa shape index (κ3) is 6.49. The number of fused-ring (bicyclic) bond motifs is 1. The van der Waals surface area contributed by atoms with Crippen LogP contribution in [0, 0.1) is 0 Å². The van der Waals surface area contributed by atoms with E-state index < -0.39 is 47.9 Å². The molecular weight excluding hydrogens is 514 g/mol. The second kappa shape index (κ2) is 12.5. The molecule has 12 heteroatoms. The summed E-state index contributed by atoms with van der Waals surface area (Å²) in [4.78, 5) is 24.9. The van der Waals surface area contributed by atoms with Crippen LogP contribution in [0.4, 0.5) is 0 Å². The van der Waals surface area contributed by atoms with Crippen LogP contribution in [-0.4, -0.2) is 75.4 Å². The van der Waals surface area contributed by atoms with Gasteiger partial charge in [0, 0.05) is 18.6 Å². The fourth-order valence-electron chi connectivity index (χ4n) is 4.25. The van der Waals surface area contributed by atoms with Crippen molar-refractivity contribution in [3.05, 3.63) is 52.9 Å². The number of carbonyl (C=O) groups is 1. The maximum atomic E-state index is 12.9. The van der Waals surface area contributed by atoms with Crippen molar-refractivity contribution in [1.29, 1.82) is 0 Å². The second-order valence-corrected chi connectivity index (χ2v) is 9.26. The van der Waals surface area contributed by atoms with E-state index in [1.807, 2.05) is 0 Å². The lowest BCUT2D eigenvalue weighted by Crippen LogP contribution is -2.60. The highest BCUT2D eigenvalue weighted by molar-refractivity contribution is 5.88. The maximum Gasteiger partial charge on any atom is 0.305 e. The standard InChI is InChI=1S/C27H31NO11/c28-9-3-1-2-4-21(31)37-13-20-24(33)25(34)26(35)27(39-20)38-16-7-5-14(6-8-16)17-12-36-19-11-15(29)10-18(30)22(19)23(17)32/h5-8,10-12,20,24-27,29-30,33-35H,1-4,9,13,28H2/t20-,24+,25+,26-,27+/m0/s1. The van der Waals surface area contributed by atoms with E-state index in [0.717, 1.165) is 18.9 Å². The van der Waals surface area contributed by atoms with E-state index in [2.05, 4.69) is 0 Å². The minimum atomic E-state index is -1.62. The lowest BCUT2D eigenvalue weighted by atomic mass is 9.99. The fourth-order valence-corrected chi connectivity index (χ4v) is 4.25. The van der Waals surface area contributed by atoms with Crippen LogP contribution >= 0.6 is 0 Å². The van der Waals surface area contributed by atoms with Gasteiger partial charge in [-0.2, -0.15) is 0 Å². The molecule has 0 aliphatic carbocycles. The number of hydrogen-bond donors (Lipinski definition) is 6. The zero-order chi connectivity index (χ0) is 28.1. The van der Waals surface area contributed by atoms with Gasteiger partial charge < -0.3 is 49.9 Å². The largest absolute Gasteiger partial charge is 0.508 e. The molecule has 2 heterocycles. The first kappa shape index (κ1) is 28.3. The summed E-state index contributed by atoms with van der Waals surface area (Å²) in [6.07, 6.45) is -3.70. The van der Waals surface area contributed by atoms with Gasteiger partial charge in [0.2, 0.25) is 11.7 Å². The summed E-state index contributed by atoms with van der Waals surface area (Å²) in [5.41, 5.74) is 5.52. The summed E-state index contributed by atoms with van der Waals surface area (Å²) in [7, 11) is 0. The molecule has 1 aliphatic rings. The Hall–Kier alpha value is -3.68. The first-order valence-corrected chi connectivity index (χ1v) is 12.5. The number of aliphatic hydroxyl groups excluding tert-OH is 3. The third-order valence-electron chi connectivity index (χ3n) is 6.42. The molecule has 0 radical (unpaired) electrons. The summed E-state index contributed by atoms with van der Waals surface area (Å²) >= 11 is 0. The van der Waals surface area contributed by atoms with E-state index in [4.69, 9.17) is 24.4 Å². The van der Waals surface area contributed by atoms with E-state index in [0.29, 0.717) is 18.5 Å². The van der Waals surface area contributed by atoms with Crippen LogP contribution in [0.5, 0.6) is 17.2 Å². The third-order valence-corrected chi connectivity index (χ3v) is 6.42. The number of phenols is 2. The Labute approximate surface area is 222 Å². The molecule has 5 atom stereocenters. The van der Waals surface area contributed by atoms with Crippen LogP contribution in [0.25, 0.3) is 22.1 Å². The molecule has 1 aliphatic heterocycles. The summed E-state index contributed by atoms with van der Waals surface area (Å²) in [5, 5.41) is 50.6. The van der Waals surface area contributed by atoms with Crippen molar-refractivity contribution >= 4 is 16.9 Å². The number of carbonyl (C=O) groups excluding carboxylic acids is 1. The molecule has 0 saturated carbocycles. The average Bonchev–Trinajstić information content (AvgIpc) is 2.91. The quantitative estimate of drug-likeness (QED) is 0.157. The SMILES string of the molecule is NCCCCCC(=O)OC[C@@H]1O[C@@H](Oc2ccc(-c3coc4cc(O)cc(O)c4c3=O)cc2)[C@@H](O)[C@H](O)[C@@H]1O. The predicted molar refractivity (Wildman–Crippen MR) is 137 cm³/mol. The Morgan fingerprint density at radius 2 is 1.72 bits per heavy atom. The molecule has 1 aromatic heterocycles. The first-order chi connectivity index (χ1) is 18.7. The molecule has 0 unspecified atom stereocenters. The van der Waals surface area contributed by atoms with Crippen LogP contribution in [-0.2, 0) is 14.3 Å². The van der Waals surface area contributed by atoms with Crippen LogP contribution in [0.15, 0.2) is 51.9 Å². The number of aromatic hydroxyl groups is 2. The van der Waals surface area contributed by atoms with E-state index in [9.17, 15) is 35.1 Å². The average molecular weight is 546 g/mol. The normalized spacial score (nSPS) is 23.0. The van der Waals surface area contributed by atoms with Crippen molar-refractivity contribution in [2.24, 2.45) is 5.73 Å². The van der Waals surface area contributed by atoms with Crippen molar-refractivity contribution < 1.29 is 49.0 Å². The van der Waals surface area contributed by atoms with Crippen molar-refractivity contribution in [2.75, 3.05) is 13.2 Å². The van der Waals surface area contributed by atoms with Gasteiger partial charge >= 0.3 is 5.97 Å². The molecule has 0 spiro atoms. The zero-order valence-electron chi connectivity index (χ0n) is 20.9. The van der Waals surface area contributed by atoms with E-state index in [1.54, 1.807) is 0 Å². The number of esters is 1. The molecule has 0 amide bonds. The Bertz CT molecular complexity index is 1340. The van der Waals surface area contributed by atoms with Crippen molar-refractivity contribution in [2.45, 2.75) is 56.4 Å². The monoisotopic (exact) mass is 545 g/mol. The number of hydrogen-bond acceptors (Lipinski definition) is 12. The molecule has 210 valence electrons. The Morgan fingerprint density at radius 3 is 2.44 bits per heavy atom. The number of ether oxygens (including phenoxy) is 3. The summed E-state index contributed by atoms with van der Waals surface area (Å²) in [6, 6.07) is 8.30. The number of benzene rings is 2. The summed E-state index contributed by atoms with van der Waals surface area (Å²) in [5.74, 6) is -0.947. The topological polar surface area (TPSA) is 202 Å². The molecule has 2 aromatic carbocycles. The lowest BCUT2D eigenvalue weighted by Gasteiger charge is -2.39. The molecule has 0 bridgehead atoms. The highest BCUT2D eigenvalue weighted by Crippen LogP contribution is 2.31. The number of rotatable bonds is 10. The molecule has 7 N–H and O–H groups in total. The minimum absolute atomic E-state index is 0.0252. The molecule has 1 saturated heterocycles. The van der Waals surface area contributed by atoms with Gasteiger partial charge in [0.15, 0.2) is 0 Å². The Morgan fingerprint density at radius 1 is 0.974 bits per heavy atom. The maximum absolute atomic E-state index is 12.9. The molecular formula is C27H31NO11. The van der Waals surface area contributed by atoms with Gasteiger partial charge in [-0.05, 0) is 37.1 Å². The molecule has 4 rings (SSSR count). The van der Waals surface area contributed by atoms with Crippen molar-refractivity contribution in [3.8, 4) is 28.4 Å². The highest BCUT2D eigenvalue weighted by atomic mass is 16.7. The van der Waals surface area contributed by atoms with Crippen LogP contribution in [0.2, 0.25) is 0 Å². The number of nitrogens with two attached hydrogens (primary N) is 1. The summed E-state index contributed by atoms with van der Waals surface area (Å²) < 4.78 is 21.8. The van der Waals surface area contributed by atoms with Gasteiger partial charge in [-0.25, -0.2) is 0 Å². The van der Waals surface area contributed by atoms with Gasteiger partial charge in [0.1, 0.15) is 65.5 Å². The van der Waals surface area contributed by atoms with E-state index >= 15 is 0 Å². The van der Waals surface area contributed by atoms with Gasteiger partial charge in [0.05, 0.1) is 5.56 Å². The van der Waals surface area contributed by atoms with E-state index in [-0.39, 0.29) is 41.1 Å². The minimum Gasteiger partial charge on any atom is -0.508 e. The Balaban J connectivity index is 1.42. The van der Waals surface area contributed by atoms with Crippen LogP contribution in [0.1, 0.15) is 25.7 Å². The number of aliphatic hydroxyl groups is 3. The smallest absolute Gasteiger partial charge is 0.305 e. The van der Waals surface area contributed by atoms with Crippen molar-refractivity contribution in [3.63, 3.8) is 0 Å². The molecule has 12 nitrogen and oxygen atoms in total. The Kier molecular flexibility index (Phi) is 9.04. The van der Waals surface area contributed by atoms with Gasteiger partial charge in [-0.3, -0.25) is 9.59 Å². The molecule has 39 heavy (non-hydrogen) atoms. The van der Waals surface area contributed by atoms with Gasteiger partial charge in [0.25, 0.3) is 0 Å². The van der Waals surface area contributed by atoms with Gasteiger partial charge in [-0.1, -0.05) is 18.6 Å².